The van der Waals surface area contributed by atoms with Crippen molar-refractivity contribution >= 4 is 40.9 Å². The molecule has 21 heavy (non-hydrogen) atoms. The van der Waals surface area contributed by atoms with Gasteiger partial charge in [0.15, 0.2) is 0 Å². The van der Waals surface area contributed by atoms with Crippen molar-refractivity contribution in [1.82, 2.24) is 5.32 Å². The van der Waals surface area contributed by atoms with Crippen molar-refractivity contribution in [2.75, 3.05) is 6.26 Å². The zero-order chi connectivity index (χ0) is 15.2. The molecule has 0 unspecified atom stereocenters. The van der Waals surface area contributed by atoms with Crippen LogP contribution in [0, 0.1) is 0 Å². The van der Waals surface area contributed by atoms with E-state index in [4.69, 9.17) is 23.2 Å². The lowest BCUT2D eigenvalue weighted by molar-refractivity contribution is 0.0951. The van der Waals surface area contributed by atoms with Gasteiger partial charge < -0.3 is 5.32 Å². The predicted octanol–water partition coefficient (Wildman–Crippen LogP) is 4.73. The van der Waals surface area contributed by atoms with E-state index in [1.165, 1.54) is 0 Å². The molecule has 2 nitrogen and oxygen atoms in total. The van der Waals surface area contributed by atoms with Crippen LogP contribution in [0.5, 0.6) is 0 Å². The first-order valence-corrected chi connectivity index (χ1v) is 8.53. The van der Waals surface area contributed by atoms with Crippen LogP contribution in [0.15, 0.2) is 47.4 Å². The van der Waals surface area contributed by atoms with E-state index in [2.05, 4.69) is 5.32 Å². The molecule has 0 saturated carbocycles. The van der Waals surface area contributed by atoms with E-state index in [9.17, 15) is 4.79 Å². The fourth-order valence-corrected chi connectivity index (χ4v) is 2.65. The van der Waals surface area contributed by atoms with Gasteiger partial charge in [0.25, 0.3) is 5.91 Å². The van der Waals surface area contributed by atoms with E-state index in [-0.39, 0.29) is 5.91 Å². The Bertz CT molecular complexity index is 629. The minimum atomic E-state index is -0.169. The third kappa shape index (κ3) is 4.40. The SMILES string of the molecule is CSc1ccc(Cl)c(C(=O)NCc2ccc(CCl)cc2)c1. The molecule has 0 saturated heterocycles. The number of hydrogen-bond acceptors (Lipinski definition) is 2. The molecule has 2 aromatic carbocycles. The van der Waals surface area contributed by atoms with Gasteiger partial charge in [0.2, 0.25) is 0 Å². The van der Waals surface area contributed by atoms with Crippen LogP contribution in [-0.4, -0.2) is 12.2 Å². The third-order valence-electron chi connectivity index (χ3n) is 3.05. The topological polar surface area (TPSA) is 29.1 Å². The Morgan fingerprint density at radius 2 is 1.81 bits per heavy atom. The Morgan fingerprint density at radius 1 is 1.14 bits per heavy atom. The van der Waals surface area contributed by atoms with Crippen LogP contribution in [0.3, 0.4) is 0 Å². The van der Waals surface area contributed by atoms with E-state index in [0.717, 1.165) is 16.0 Å². The van der Waals surface area contributed by atoms with Crippen LogP contribution in [-0.2, 0) is 12.4 Å². The molecule has 1 N–H and O–H groups in total. The molecule has 5 heteroatoms. The number of nitrogens with one attached hydrogen (secondary N) is 1. The second-order valence-corrected chi connectivity index (χ2v) is 6.03. The highest BCUT2D eigenvalue weighted by molar-refractivity contribution is 7.98. The predicted molar refractivity (Wildman–Crippen MR) is 90.4 cm³/mol. The first-order chi connectivity index (χ1) is 10.1. The summed E-state index contributed by atoms with van der Waals surface area (Å²) in [5.41, 5.74) is 2.58. The molecule has 0 aliphatic heterocycles. The quantitative estimate of drug-likeness (QED) is 0.630. The summed E-state index contributed by atoms with van der Waals surface area (Å²) in [4.78, 5) is 13.2. The van der Waals surface area contributed by atoms with Gasteiger partial charge in [0.05, 0.1) is 10.6 Å². The number of rotatable bonds is 5. The second kappa shape index (κ2) is 7.74. The number of alkyl halides is 1. The molecule has 110 valence electrons. The highest BCUT2D eigenvalue weighted by atomic mass is 35.5. The molecule has 0 fully saturated rings. The number of carbonyl (C=O) groups excluding carboxylic acids is 1. The summed E-state index contributed by atoms with van der Waals surface area (Å²) < 4.78 is 0. The van der Waals surface area contributed by atoms with E-state index in [1.807, 2.05) is 36.6 Å². The molecule has 0 radical (unpaired) electrons. The fraction of sp³-hybridized carbons (Fsp3) is 0.188. The van der Waals surface area contributed by atoms with Gasteiger partial charge >= 0.3 is 0 Å². The first kappa shape index (κ1) is 16.2. The zero-order valence-electron chi connectivity index (χ0n) is 11.5. The van der Waals surface area contributed by atoms with Gasteiger partial charge in [-0.15, -0.1) is 23.4 Å². The summed E-state index contributed by atoms with van der Waals surface area (Å²) in [7, 11) is 0. The summed E-state index contributed by atoms with van der Waals surface area (Å²) in [6.45, 7) is 0.460. The van der Waals surface area contributed by atoms with Crippen LogP contribution in [0.1, 0.15) is 21.5 Å². The van der Waals surface area contributed by atoms with Crippen LogP contribution in [0.4, 0.5) is 0 Å². The summed E-state index contributed by atoms with van der Waals surface area (Å²) in [5, 5.41) is 3.34. The van der Waals surface area contributed by atoms with Crippen molar-refractivity contribution < 1.29 is 4.79 Å². The molecule has 0 atom stereocenters. The van der Waals surface area contributed by atoms with Crippen molar-refractivity contribution in [3.05, 3.63) is 64.2 Å². The fourth-order valence-electron chi connectivity index (χ4n) is 1.83. The second-order valence-electron chi connectivity index (χ2n) is 4.48. The van der Waals surface area contributed by atoms with Crippen LogP contribution >= 0.6 is 35.0 Å². The molecule has 0 aliphatic carbocycles. The van der Waals surface area contributed by atoms with Crippen LogP contribution in [0.2, 0.25) is 5.02 Å². The first-order valence-electron chi connectivity index (χ1n) is 6.39. The summed E-state index contributed by atoms with van der Waals surface area (Å²) >= 11 is 13.4. The molecule has 2 aromatic rings. The molecular formula is C16H15Cl2NOS. The van der Waals surface area contributed by atoms with Gasteiger partial charge in [0.1, 0.15) is 0 Å². The molecule has 2 rings (SSSR count). The van der Waals surface area contributed by atoms with Gasteiger partial charge in [-0.05, 0) is 35.6 Å². The molecule has 0 bridgehead atoms. The van der Waals surface area contributed by atoms with Gasteiger partial charge in [0, 0.05) is 17.3 Å². The minimum absolute atomic E-state index is 0.169. The highest BCUT2D eigenvalue weighted by Crippen LogP contribution is 2.23. The standard InChI is InChI=1S/C16H15Cl2NOS/c1-21-13-6-7-15(18)14(8-13)16(20)19-10-12-4-2-11(9-17)3-5-12/h2-8H,9-10H2,1H3,(H,19,20). The van der Waals surface area contributed by atoms with Crippen molar-refractivity contribution in [3.63, 3.8) is 0 Å². The smallest absolute Gasteiger partial charge is 0.253 e. The average Bonchev–Trinajstić information content (AvgIpc) is 2.53. The normalized spacial score (nSPS) is 10.4. The monoisotopic (exact) mass is 339 g/mol. The molecule has 0 spiro atoms. The maximum atomic E-state index is 12.2. The van der Waals surface area contributed by atoms with Crippen molar-refractivity contribution in [2.24, 2.45) is 0 Å². The lowest BCUT2D eigenvalue weighted by atomic mass is 10.1. The Labute approximate surface area is 138 Å². The van der Waals surface area contributed by atoms with Gasteiger partial charge in [-0.25, -0.2) is 0 Å². The zero-order valence-corrected chi connectivity index (χ0v) is 13.9. The summed E-state index contributed by atoms with van der Waals surface area (Å²) in [6.07, 6.45) is 1.96. The molecule has 0 aliphatic rings. The summed E-state index contributed by atoms with van der Waals surface area (Å²) in [6, 6.07) is 13.3. The number of hydrogen-bond donors (Lipinski definition) is 1. The van der Waals surface area contributed by atoms with Gasteiger partial charge in [-0.1, -0.05) is 35.9 Å². The average molecular weight is 340 g/mol. The molecule has 0 heterocycles. The van der Waals surface area contributed by atoms with Crippen molar-refractivity contribution in [3.8, 4) is 0 Å². The number of halogens is 2. The Balaban J connectivity index is 2.04. The maximum Gasteiger partial charge on any atom is 0.253 e. The van der Waals surface area contributed by atoms with E-state index in [0.29, 0.717) is 23.0 Å². The molecule has 0 aromatic heterocycles. The number of amides is 1. The number of thioether (sulfide) groups is 1. The lowest BCUT2D eigenvalue weighted by Gasteiger charge is -2.08. The van der Waals surface area contributed by atoms with Crippen LogP contribution < -0.4 is 5.32 Å². The largest absolute Gasteiger partial charge is 0.348 e. The van der Waals surface area contributed by atoms with Crippen molar-refractivity contribution in [1.29, 1.82) is 0 Å². The van der Waals surface area contributed by atoms with Gasteiger partial charge in [-0.2, -0.15) is 0 Å². The highest BCUT2D eigenvalue weighted by Gasteiger charge is 2.10. The van der Waals surface area contributed by atoms with Crippen LogP contribution in [0.25, 0.3) is 0 Å². The minimum Gasteiger partial charge on any atom is -0.348 e. The molecule has 1 amide bonds. The number of benzene rings is 2. The van der Waals surface area contributed by atoms with E-state index in [1.54, 1.807) is 23.9 Å². The van der Waals surface area contributed by atoms with E-state index < -0.39 is 0 Å². The third-order valence-corrected chi connectivity index (χ3v) is 4.41. The maximum absolute atomic E-state index is 12.2. The lowest BCUT2D eigenvalue weighted by Crippen LogP contribution is -2.23. The summed E-state index contributed by atoms with van der Waals surface area (Å²) in [5.74, 6) is 0.321. The van der Waals surface area contributed by atoms with Crippen molar-refractivity contribution in [2.45, 2.75) is 17.3 Å². The Kier molecular flexibility index (Phi) is 5.97. The van der Waals surface area contributed by atoms with Gasteiger partial charge in [-0.3, -0.25) is 4.79 Å². The number of carbonyl (C=O) groups is 1. The van der Waals surface area contributed by atoms with E-state index >= 15 is 0 Å². The Hall–Kier alpha value is -1.16. The Morgan fingerprint density at radius 3 is 2.43 bits per heavy atom. The molecular weight excluding hydrogens is 325 g/mol.